The first-order valence-corrected chi connectivity index (χ1v) is 11.9. The minimum absolute atomic E-state index is 0.0189. The summed E-state index contributed by atoms with van der Waals surface area (Å²) >= 11 is 0. The third-order valence-corrected chi connectivity index (χ3v) is 10.5. The van der Waals surface area contributed by atoms with Crippen molar-refractivity contribution in [3.8, 4) is 0 Å². The summed E-state index contributed by atoms with van der Waals surface area (Å²) in [7, 11) is 0. The number of rotatable bonds is 4. The molecule has 10 atom stereocenters. The van der Waals surface area contributed by atoms with Crippen LogP contribution >= 0.6 is 0 Å². The first-order valence-electron chi connectivity index (χ1n) is 11.9. The first kappa shape index (κ1) is 21.1. The van der Waals surface area contributed by atoms with Crippen LogP contribution in [0.5, 0.6) is 0 Å². The third-order valence-electron chi connectivity index (χ3n) is 10.5. The summed E-state index contributed by atoms with van der Waals surface area (Å²) in [5.41, 5.74) is -0.722. The summed E-state index contributed by atoms with van der Waals surface area (Å²) in [5.74, 6) is 1.74. The molecule has 0 radical (unpaired) electrons. The predicted octanol–water partition coefficient (Wildman–Crippen LogP) is 3.50. The van der Waals surface area contributed by atoms with Gasteiger partial charge < -0.3 is 20.4 Å². The molecule has 4 aliphatic carbocycles. The zero-order valence-electron chi connectivity index (χ0n) is 18.1. The smallest absolute Gasteiger partial charge is 0.0759 e. The Kier molecular flexibility index (Phi) is 5.43. The molecule has 4 heteroatoms. The van der Waals surface area contributed by atoms with E-state index in [1.54, 1.807) is 0 Å². The predicted molar refractivity (Wildman–Crippen MR) is 110 cm³/mol. The van der Waals surface area contributed by atoms with Gasteiger partial charge in [-0.3, -0.25) is 0 Å². The fourth-order valence-electron chi connectivity index (χ4n) is 8.57. The second-order valence-corrected chi connectivity index (χ2v) is 11.4. The third kappa shape index (κ3) is 2.85. The Bertz CT molecular complexity index is 581. The standard InChI is InChI=1S/C24H42O4/c1-15(5-4-12-25)22(2)9-7-18-19(22)8-11-24(28)21(18)20(27)14-16-13-17(26)6-10-23(16,24)3/h15-21,25-28H,4-14H2,1-3H3. The monoisotopic (exact) mass is 394 g/mol. The Morgan fingerprint density at radius 2 is 1.75 bits per heavy atom. The van der Waals surface area contributed by atoms with Crippen LogP contribution in [-0.4, -0.2) is 44.8 Å². The molecule has 4 rings (SSSR count). The maximum atomic E-state index is 12.1. The molecule has 0 aromatic rings. The number of aliphatic hydroxyl groups is 4. The van der Waals surface area contributed by atoms with Gasteiger partial charge in [0.25, 0.3) is 0 Å². The van der Waals surface area contributed by atoms with Gasteiger partial charge in [0.1, 0.15) is 0 Å². The van der Waals surface area contributed by atoms with Gasteiger partial charge in [0.15, 0.2) is 0 Å². The van der Waals surface area contributed by atoms with E-state index in [4.69, 9.17) is 0 Å². The Morgan fingerprint density at radius 1 is 1.00 bits per heavy atom. The van der Waals surface area contributed by atoms with Crippen LogP contribution in [0.4, 0.5) is 0 Å². The Morgan fingerprint density at radius 3 is 2.46 bits per heavy atom. The van der Waals surface area contributed by atoms with Crippen LogP contribution in [0.25, 0.3) is 0 Å². The van der Waals surface area contributed by atoms with Crippen molar-refractivity contribution in [2.45, 2.75) is 103 Å². The number of hydrogen-bond donors (Lipinski definition) is 4. The van der Waals surface area contributed by atoms with Crippen molar-refractivity contribution in [3.05, 3.63) is 0 Å². The zero-order valence-corrected chi connectivity index (χ0v) is 18.1. The number of aliphatic hydroxyl groups excluding tert-OH is 3. The van der Waals surface area contributed by atoms with Crippen LogP contribution in [0.1, 0.15) is 85.0 Å². The molecule has 0 aromatic heterocycles. The van der Waals surface area contributed by atoms with Gasteiger partial charge >= 0.3 is 0 Å². The number of fused-ring (bicyclic) bond motifs is 5. The summed E-state index contributed by atoms with van der Waals surface area (Å²) in [6.45, 7) is 7.29. The normalized spacial score (nSPS) is 54.5. The largest absolute Gasteiger partial charge is 0.396 e. The molecule has 0 spiro atoms. The van der Waals surface area contributed by atoms with Crippen LogP contribution in [-0.2, 0) is 0 Å². The fraction of sp³-hybridized carbons (Fsp3) is 1.00. The Balaban J connectivity index is 1.62. The minimum atomic E-state index is -0.795. The highest BCUT2D eigenvalue weighted by atomic mass is 16.3. The lowest BCUT2D eigenvalue weighted by Crippen LogP contribution is -2.68. The second-order valence-electron chi connectivity index (χ2n) is 11.4. The zero-order chi connectivity index (χ0) is 20.3. The summed E-state index contributed by atoms with van der Waals surface area (Å²) in [6, 6.07) is 0. The van der Waals surface area contributed by atoms with Crippen LogP contribution in [0.15, 0.2) is 0 Å². The van der Waals surface area contributed by atoms with E-state index in [9.17, 15) is 20.4 Å². The fourth-order valence-corrected chi connectivity index (χ4v) is 8.57. The highest BCUT2D eigenvalue weighted by molar-refractivity contribution is 5.17. The van der Waals surface area contributed by atoms with Crippen molar-refractivity contribution in [2.75, 3.05) is 6.61 Å². The lowest BCUT2D eigenvalue weighted by Gasteiger charge is -2.65. The maximum Gasteiger partial charge on any atom is 0.0759 e. The van der Waals surface area contributed by atoms with Gasteiger partial charge in [0, 0.05) is 12.5 Å². The van der Waals surface area contributed by atoms with E-state index in [1.807, 2.05) is 0 Å². The highest BCUT2D eigenvalue weighted by Gasteiger charge is 2.68. The molecule has 162 valence electrons. The lowest BCUT2D eigenvalue weighted by atomic mass is 9.43. The van der Waals surface area contributed by atoms with Crippen LogP contribution < -0.4 is 0 Å². The molecular formula is C24H42O4. The Hall–Kier alpha value is -0.160. The molecule has 0 aromatic carbocycles. The molecule has 10 unspecified atom stereocenters. The summed E-state index contributed by atoms with van der Waals surface area (Å²) in [5, 5.41) is 42.8. The van der Waals surface area contributed by atoms with Gasteiger partial charge in [-0.1, -0.05) is 20.8 Å². The van der Waals surface area contributed by atoms with Gasteiger partial charge in [-0.05, 0) is 98.7 Å². The van der Waals surface area contributed by atoms with Crippen molar-refractivity contribution in [3.63, 3.8) is 0 Å². The van der Waals surface area contributed by atoms with E-state index in [2.05, 4.69) is 20.8 Å². The summed E-state index contributed by atoms with van der Waals surface area (Å²) < 4.78 is 0. The molecule has 0 saturated heterocycles. The maximum absolute atomic E-state index is 12.1. The minimum Gasteiger partial charge on any atom is -0.396 e. The number of hydrogen-bond acceptors (Lipinski definition) is 4. The molecular weight excluding hydrogens is 352 g/mol. The molecule has 4 N–H and O–H groups in total. The molecule has 0 bridgehead atoms. The van der Waals surface area contributed by atoms with Gasteiger partial charge in [0.05, 0.1) is 17.8 Å². The molecule has 4 saturated carbocycles. The van der Waals surface area contributed by atoms with Crippen LogP contribution in [0.3, 0.4) is 0 Å². The van der Waals surface area contributed by atoms with Crippen molar-refractivity contribution in [1.29, 1.82) is 0 Å². The molecule has 0 amide bonds. The lowest BCUT2D eigenvalue weighted by molar-refractivity contribution is -0.261. The van der Waals surface area contributed by atoms with Gasteiger partial charge in [0.2, 0.25) is 0 Å². The molecule has 4 aliphatic rings. The van der Waals surface area contributed by atoms with E-state index in [1.165, 1.54) is 6.42 Å². The first-order chi connectivity index (χ1) is 13.2. The van der Waals surface area contributed by atoms with Gasteiger partial charge in [-0.25, -0.2) is 0 Å². The van der Waals surface area contributed by atoms with Crippen molar-refractivity contribution < 1.29 is 20.4 Å². The van der Waals surface area contributed by atoms with Gasteiger partial charge in [-0.15, -0.1) is 0 Å². The second kappa shape index (κ2) is 7.21. The summed E-state index contributed by atoms with van der Waals surface area (Å²) in [4.78, 5) is 0. The van der Waals surface area contributed by atoms with E-state index in [-0.39, 0.29) is 35.4 Å². The van der Waals surface area contributed by atoms with Crippen LogP contribution in [0.2, 0.25) is 0 Å². The molecule has 0 heterocycles. The average Bonchev–Trinajstić information content (AvgIpc) is 2.99. The quantitative estimate of drug-likeness (QED) is 0.588. The Labute approximate surface area is 170 Å². The molecule has 0 aliphatic heterocycles. The van der Waals surface area contributed by atoms with Crippen molar-refractivity contribution in [1.82, 2.24) is 0 Å². The molecule has 4 nitrogen and oxygen atoms in total. The van der Waals surface area contributed by atoms with Crippen molar-refractivity contribution in [2.24, 2.45) is 40.4 Å². The summed E-state index contributed by atoms with van der Waals surface area (Å²) in [6.07, 6.45) is 8.45. The topological polar surface area (TPSA) is 80.9 Å². The van der Waals surface area contributed by atoms with Crippen LogP contribution in [0, 0.1) is 40.4 Å². The molecule has 4 fully saturated rings. The van der Waals surface area contributed by atoms with E-state index in [0.29, 0.717) is 17.8 Å². The SMILES string of the molecule is CC(CCCO)C1(C)CCC2C1CCC1(O)C2C(O)CC2CC(O)CCC21C. The van der Waals surface area contributed by atoms with E-state index >= 15 is 0 Å². The van der Waals surface area contributed by atoms with E-state index < -0.39 is 11.7 Å². The molecule has 28 heavy (non-hydrogen) atoms. The van der Waals surface area contributed by atoms with E-state index in [0.717, 1.165) is 57.8 Å². The highest BCUT2D eigenvalue weighted by Crippen LogP contribution is 2.68. The van der Waals surface area contributed by atoms with Gasteiger partial charge in [-0.2, -0.15) is 0 Å². The average molecular weight is 395 g/mol. The van der Waals surface area contributed by atoms with Crippen molar-refractivity contribution >= 4 is 0 Å².